The van der Waals surface area contributed by atoms with Gasteiger partial charge in [0.1, 0.15) is 5.82 Å². The number of halogens is 1. The van der Waals surface area contributed by atoms with Gasteiger partial charge in [0.2, 0.25) is 5.91 Å². The van der Waals surface area contributed by atoms with Crippen LogP contribution in [0.3, 0.4) is 0 Å². The number of amides is 1. The Kier molecular flexibility index (Phi) is 1.82. The van der Waals surface area contributed by atoms with Gasteiger partial charge in [-0.25, -0.2) is 4.39 Å². The summed E-state index contributed by atoms with van der Waals surface area (Å²) in [6.45, 7) is 3.72. The lowest BCUT2D eigenvalue weighted by molar-refractivity contribution is -0.118. The fraction of sp³-hybridized carbons (Fsp3) is 0.154. The van der Waals surface area contributed by atoms with Gasteiger partial charge in [-0.2, -0.15) is 0 Å². The molecule has 0 bridgehead atoms. The Labute approximate surface area is 98.7 Å². The summed E-state index contributed by atoms with van der Waals surface area (Å²) in [4.78, 5) is 14.4. The van der Waals surface area contributed by atoms with Crippen molar-refractivity contribution in [3.63, 3.8) is 0 Å². The standard InChI is InChI=1S/C13H11FN2O/c1-7-9(5-13(17)16-7)11-6-15-12-3-2-8(14)4-10(11)12/h2-4,6,9,15H,1,5H2,(H,16,17)/i9D. The molecule has 2 N–H and O–H groups in total. The monoisotopic (exact) mass is 231 g/mol. The Morgan fingerprint density at radius 2 is 2.35 bits per heavy atom. The van der Waals surface area contributed by atoms with Crippen LogP contribution >= 0.6 is 0 Å². The number of rotatable bonds is 1. The van der Waals surface area contributed by atoms with E-state index < -0.39 is 5.89 Å². The molecule has 1 aliphatic rings. The number of aromatic nitrogens is 1. The predicted molar refractivity (Wildman–Crippen MR) is 62.9 cm³/mol. The zero-order valence-corrected chi connectivity index (χ0v) is 9.01. The highest BCUT2D eigenvalue weighted by Crippen LogP contribution is 2.34. The molecule has 0 spiro atoms. The van der Waals surface area contributed by atoms with Crippen LogP contribution in [0.25, 0.3) is 10.9 Å². The van der Waals surface area contributed by atoms with Crippen LogP contribution in [-0.4, -0.2) is 10.9 Å². The molecule has 3 nitrogen and oxygen atoms in total. The lowest BCUT2D eigenvalue weighted by Crippen LogP contribution is -2.11. The van der Waals surface area contributed by atoms with Crippen LogP contribution < -0.4 is 5.32 Å². The summed E-state index contributed by atoms with van der Waals surface area (Å²) in [5.41, 5.74) is 1.64. The lowest BCUT2D eigenvalue weighted by Gasteiger charge is -2.07. The van der Waals surface area contributed by atoms with E-state index in [0.29, 0.717) is 16.6 Å². The van der Waals surface area contributed by atoms with Gasteiger partial charge in [0.15, 0.2) is 0 Å². The topological polar surface area (TPSA) is 44.9 Å². The van der Waals surface area contributed by atoms with Gasteiger partial charge >= 0.3 is 0 Å². The maximum absolute atomic E-state index is 13.3. The zero-order chi connectivity index (χ0) is 12.9. The Bertz CT molecular complexity index is 679. The summed E-state index contributed by atoms with van der Waals surface area (Å²) in [6, 6.07) is 4.34. The SMILES string of the molecule is [2H]C1(c2c[nH]c3ccc(F)cc23)CC(=O)NC1=C. The molecule has 0 saturated carbocycles. The third kappa shape index (κ3) is 1.53. The lowest BCUT2D eigenvalue weighted by atomic mass is 9.95. The summed E-state index contributed by atoms with van der Waals surface area (Å²) >= 11 is 0. The van der Waals surface area contributed by atoms with E-state index in [1.165, 1.54) is 12.1 Å². The van der Waals surface area contributed by atoms with Gasteiger partial charge in [0.05, 0.1) is 0 Å². The summed E-state index contributed by atoms with van der Waals surface area (Å²) in [6.07, 6.45) is 1.65. The summed E-state index contributed by atoms with van der Waals surface area (Å²) in [5, 5.41) is 3.16. The molecule has 1 unspecified atom stereocenters. The highest BCUT2D eigenvalue weighted by molar-refractivity contribution is 5.88. The van der Waals surface area contributed by atoms with Gasteiger partial charge in [-0.05, 0) is 23.8 Å². The first-order chi connectivity index (χ1) is 8.50. The van der Waals surface area contributed by atoms with Crippen molar-refractivity contribution in [2.24, 2.45) is 0 Å². The number of nitrogens with one attached hydrogen (secondary N) is 2. The van der Waals surface area contributed by atoms with Gasteiger partial charge in [-0.1, -0.05) is 6.58 Å². The van der Waals surface area contributed by atoms with Gasteiger partial charge in [0, 0.05) is 36.5 Å². The third-order valence-corrected chi connectivity index (χ3v) is 2.96. The number of benzene rings is 1. The Balaban J connectivity index is 2.23. The largest absolute Gasteiger partial charge is 0.361 e. The highest BCUT2D eigenvalue weighted by atomic mass is 19.1. The maximum Gasteiger partial charge on any atom is 0.225 e. The second kappa shape index (κ2) is 3.45. The van der Waals surface area contributed by atoms with Crippen molar-refractivity contribution < 1.29 is 10.6 Å². The van der Waals surface area contributed by atoms with Crippen molar-refractivity contribution in [1.82, 2.24) is 10.3 Å². The van der Waals surface area contributed by atoms with Crippen molar-refractivity contribution in [3.8, 4) is 0 Å². The second-order valence-corrected chi connectivity index (χ2v) is 4.07. The fourth-order valence-electron chi connectivity index (χ4n) is 2.16. The first-order valence-electron chi connectivity index (χ1n) is 5.77. The number of aromatic amines is 1. The molecule has 1 aromatic heterocycles. The molecular weight excluding hydrogens is 219 g/mol. The number of H-pyrrole nitrogens is 1. The van der Waals surface area contributed by atoms with E-state index in [1.807, 2.05) is 0 Å². The third-order valence-electron chi connectivity index (χ3n) is 2.96. The van der Waals surface area contributed by atoms with E-state index in [1.54, 1.807) is 12.3 Å². The fourth-order valence-corrected chi connectivity index (χ4v) is 2.16. The van der Waals surface area contributed by atoms with Crippen molar-refractivity contribution in [3.05, 3.63) is 48.1 Å². The van der Waals surface area contributed by atoms with E-state index in [4.69, 9.17) is 1.37 Å². The molecule has 1 aliphatic heterocycles. The molecule has 3 rings (SSSR count). The minimum atomic E-state index is -1.23. The van der Waals surface area contributed by atoms with E-state index in [-0.39, 0.29) is 18.1 Å². The van der Waals surface area contributed by atoms with E-state index >= 15 is 0 Å². The summed E-state index contributed by atoms with van der Waals surface area (Å²) < 4.78 is 21.7. The molecule has 1 amide bonds. The normalized spacial score (nSPS) is 25.1. The van der Waals surface area contributed by atoms with Crippen LogP contribution in [0.5, 0.6) is 0 Å². The first-order valence-corrected chi connectivity index (χ1v) is 5.27. The molecule has 0 aliphatic carbocycles. The number of carbonyl (C=O) groups excluding carboxylic acids is 1. The smallest absolute Gasteiger partial charge is 0.225 e. The molecule has 1 aromatic carbocycles. The molecule has 1 fully saturated rings. The molecular formula is C13H11FN2O. The number of hydrogen-bond donors (Lipinski definition) is 2. The van der Waals surface area contributed by atoms with Crippen molar-refractivity contribution in [2.75, 3.05) is 0 Å². The molecule has 0 radical (unpaired) electrons. The molecule has 1 saturated heterocycles. The van der Waals surface area contributed by atoms with Crippen LogP contribution in [0.4, 0.5) is 4.39 Å². The van der Waals surface area contributed by atoms with E-state index in [2.05, 4.69) is 16.9 Å². The number of carbonyl (C=O) groups is 1. The van der Waals surface area contributed by atoms with Gasteiger partial charge in [-0.3, -0.25) is 4.79 Å². The minimum absolute atomic E-state index is 0.00923. The van der Waals surface area contributed by atoms with Crippen LogP contribution in [0, 0.1) is 5.82 Å². The zero-order valence-electron chi connectivity index (χ0n) is 10.0. The molecule has 4 heteroatoms. The minimum Gasteiger partial charge on any atom is -0.361 e. The quantitative estimate of drug-likeness (QED) is 0.777. The average molecular weight is 231 g/mol. The van der Waals surface area contributed by atoms with Gasteiger partial charge in [-0.15, -0.1) is 0 Å². The molecule has 2 heterocycles. The summed E-state index contributed by atoms with van der Waals surface area (Å²) in [7, 11) is 0. The second-order valence-electron chi connectivity index (χ2n) is 4.07. The first kappa shape index (κ1) is 8.98. The van der Waals surface area contributed by atoms with E-state index in [9.17, 15) is 9.18 Å². The van der Waals surface area contributed by atoms with Crippen LogP contribution in [0.2, 0.25) is 0 Å². The number of allylic oxidation sites excluding steroid dienone is 1. The van der Waals surface area contributed by atoms with Gasteiger partial charge < -0.3 is 10.3 Å². The highest BCUT2D eigenvalue weighted by Gasteiger charge is 2.28. The van der Waals surface area contributed by atoms with Crippen LogP contribution in [0.1, 0.15) is 19.2 Å². The summed E-state index contributed by atoms with van der Waals surface area (Å²) in [5.74, 6) is -1.83. The Morgan fingerprint density at radius 3 is 3.06 bits per heavy atom. The maximum atomic E-state index is 13.3. The van der Waals surface area contributed by atoms with E-state index in [0.717, 1.165) is 5.52 Å². The van der Waals surface area contributed by atoms with Crippen molar-refractivity contribution >= 4 is 16.8 Å². The predicted octanol–water partition coefficient (Wildman–Crippen LogP) is 2.42. The molecule has 2 aromatic rings. The Morgan fingerprint density at radius 1 is 1.53 bits per heavy atom. The van der Waals surface area contributed by atoms with Crippen LogP contribution in [-0.2, 0) is 4.79 Å². The Hall–Kier alpha value is -2.10. The van der Waals surface area contributed by atoms with Gasteiger partial charge in [0.25, 0.3) is 0 Å². The number of hydrogen-bond acceptors (Lipinski definition) is 1. The molecule has 17 heavy (non-hydrogen) atoms. The average Bonchev–Trinajstić information content (AvgIpc) is 2.81. The number of fused-ring (bicyclic) bond motifs is 1. The molecule has 86 valence electrons. The molecule has 1 atom stereocenters. The van der Waals surface area contributed by atoms with Crippen molar-refractivity contribution in [1.29, 1.82) is 0 Å². The van der Waals surface area contributed by atoms with Crippen molar-refractivity contribution in [2.45, 2.75) is 12.3 Å². The van der Waals surface area contributed by atoms with Crippen LogP contribution in [0.15, 0.2) is 36.7 Å².